The number of nitrogens with two attached hydrogens (primary N) is 1. The molecule has 1 aliphatic rings. The van der Waals surface area contributed by atoms with Crippen LogP contribution < -0.4 is 5.73 Å². The quantitative estimate of drug-likeness (QED) is 0.666. The molecule has 0 aromatic rings. The summed E-state index contributed by atoms with van der Waals surface area (Å²) in [6, 6.07) is 0.227. The fourth-order valence-corrected chi connectivity index (χ4v) is 1.86. The van der Waals surface area contributed by atoms with Gasteiger partial charge in [0.15, 0.2) is 0 Å². The van der Waals surface area contributed by atoms with Gasteiger partial charge in [-0.2, -0.15) is 11.8 Å². The van der Waals surface area contributed by atoms with E-state index in [1.165, 1.54) is 18.4 Å². The molecule has 0 bridgehead atoms. The van der Waals surface area contributed by atoms with Crippen LogP contribution >= 0.6 is 11.8 Å². The summed E-state index contributed by atoms with van der Waals surface area (Å²) in [5.74, 6) is 1.15. The molecular formula is C10H19NS. The van der Waals surface area contributed by atoms with Gasteiger partial charge in [-0.15, -0.1) is 0 Å². The van der Waals surface area contributed by atoms with Crippen molar-refractivity contribution in [2.24, 2.45) is 11.1 Å². The monoisotopic (exact) mass is 185 g/mol. The summed E-state index contributed by atoms with van der Waals surface area (Å²) in [5.41, 5.74) is 7.69. The highest BCUT2D eigenvalue weighted by Gasteiger charge is 2.41. The molecule has 2 heteroatoms. The average Bonchev–Trinajstić information content (AvgIpc) is 2.79. The van der Waals surface area contributed by atoms with Crippen LogP contribution in [0.2, 0.25) is 0 Å². The molecule has 2 N–H and O–H groups in total. The maximum atomic E-state index is 6.02. The minimum atomic E-state index is 0.227. The van der Waals surface area contributed by atoms with Gasteiger partial charge in [-0.05, 0) is 36.7 Å². The van der Waals surface area contributed by atoms with E-state index < -0.39 is 0 Å². The highest BCUT2D eigenvalue weighted by atomic mass is 32.2. The Balaban J connectivity index is 2.31. The van der Waals surface area contributed by atoms with Gasteiger partial charge in [0.1, 0.15) is 0 Å². The summed E-state index contributed by atoms with van der Waals surface area (Å²) < 4.78 is 0. The van der Waals surface area contributed by atoms with E-state index in [0.29, 0.717) is 5.41 Å². The zero-order chi connectivity index (χ0) is 9.19. The molecule has 12 heavy (non-hydrogen) atoms. The maximum Gasteiger partial charge on any atom is 0.0264 e. The lowest BCUT2D eigenvalue weighted by atomic mass is 9.92. The molecule has 0 radical (unpaired) electrons. The molecule has 0 aromatic heterocycles. The molecule has 0 spiro atoms. The Morgan fingerprint density at radius 1 is 1.67 bits per heavy atom. The Morgan fingerprint density at radius 3 is 2.67 bits per heavy atom. The second-order valence-electron chi connectivity index (χ2n) is 3.97. The molecule has 1 fully saturated rings. The third kappa shape index (κ3) is 2.27. The highest BCUT2D eigenvalue weighted by Crippen LogP contribution is 2.51. The van der Waals surface area contributed by atoms with Gasteiger partial charge in [-0.3, -0.25) is 0 Å². The van der Waals surface area contributed by atoms with E-state index in [1.54, 1.807) is 0 Å². The number of rotatable bonds is 5. The van der Waals surface area contributed by atoms with Crippen molar-refractivity contribution in [3.05, 3.63) is 12.2 Å². The number of hydrogen-bond acceptors (Lipinski definition) is 2. The smallest absolute Gasteiger partial charge is 0.0264 e. The van der Waals surface area contributed by atoms with Gasteiger partial charge < -0.3 is 5.73 Å². The van der Waals surface area contributed by atoms with Crippen molar-refractivity contribution in [2.45, 2.75) is 32.2 Å². The maximum absolute atomic E-state index is 6.02. The molecule has 0 aliphatic heterocycles. The molecule has 0 unspecified atom stereocenters. The van der Waals surface area contributed by atoms with E-state index in [2.05, 4.69) is 19.8 Å². The Labute approximate surface area is 79.8 Å². The predicted molar refractivity (Wildman–Crippen MR) is 57.5 cm³/mol. The van der Waals surface area contributed by atoms with Crippen molar-refractivity contribution < 1.29 is 0 Å². The first-order valence-electron chi connectivity index (χ1n) is 4.54. The SMILES string of the molecule is C=C([C@@H](N)CCSC)C1(C)CC1. The first-order chi connectivity index (χ1) is 5.60. The van der Waals surface area contributed by atoms with E-state index in [9.17, 15) is 0 Å². The van der Waals surface area contributed by atoms with Crippen molar-refractivity contribution in [3.8, 4) is 0 Å². The summed E-state index contributed by atoms with van der Waals surface area (Å²) >= 11 is 1.86. The minimum absolute atomic E-state index is 0.227. The Hall–Kier alpha value is 0.0500. The third-order valence-corrected chi connectivity index (χ3v) is 3.50. The van der Waals surface area contributed by atoms with Crippen LogP contribution in [-0.2, 0) is 0 Å². The molecule has 1 nitrogen and oxygen atoms in total. The summed E-state index contributed by atoms with van der Waals surface area (Å²) in [5, 5.41) is 0. The van der Waals surface area contributed by atoms with Crippen LogP contribution in [0.3, 0.4) is 0 Å². The van der Waals surface area contributed by atoms with Crippen molar-refractivity contribution in [2.75, 3.05) is 12.0 Å². The first-order valence-corrected chi connectivity index (χ1v) is 5.93. The van der Waals surface area contributed by atoms with Gasteiger partial charge in [-0.25, -0.2) is 0 Å². The Bertz CT molecular complexity index is 173. The van der Waals surface area contributed by atoms with Crippen molar-refractivity contribution >= 4 is 11.8 Å². The van der Waals surface area contributed by atoms with E-state index >= 15 is 0 Å². The van der Waals surface area contributed by atoms with Gasteiger partial charge in [0.2, 0.25) is 0 Å². The average molecular weight is 185 g/mol. The molecule has 1 atom stereocenters. The van der Waals surface area contributed by atoms with Crippen LogP contribution in [0.1, 0.15) is 26.2 Å². The van der Waals surface area contributed by atoms with Crippen LogP contribution in [0.15, 0.2) is 12.2 Å². The Kier molecular flexibility index (Phi) is 3.24. The molecule has 0 amide bonds. The second kappa shape index (κ2) is 3.84. The van der Waals surface area contributed by atoms with E-state index in [4.69, 9.17) is 5.73 Å². The summed E-state index contributed by atoms with van der Waals surface area (Å²) in [6.45, 7) is 6.38. The van der Waals surface area contributed by atoms with Crippen LogP contribution in [0.5, 0.6) is 0 Å². The molecule has 1 rings (SSSR count). The largest absolute Gasteiger partial charge is 0.324 e. The molecule has 1 saturated carbocycles. The summed E-state index contributed by atoms with van der Waals surface area (Å²) in [4.78, 5) is 0. The van der Waals surface area contributed by atoms with Crippen molar-refractivity contribution in [1.29, 1.82) is 0 Å². The van der Waals surface area contributed by atoms with Crippen LogP contribution in [0.4, 0.5) is 0 Å². The second-order valence-corrected chi connectivity index (χ2v) is 4.96. The molecule has 1 aliphatic carbocycles. The molecular weight excluding hydrogens is 166 g/mol. The molecule has 0 heterocycles. The van der Waals surface area contributed by atoms with Gasteiger partial charge >= 0.3 is 0 Å². The minimum Gasteiger partial charge on any atom is -0.324 e. The topological polar surface area (TPSA) is 26.0 Å². The zero-order valence-corrected chi connectivity index (χ0v) is 8.91. The van der Waals surface area contributed by atoms with Crippen molar-refractivity contribution in [1.82, 2.24) is 0 Å². The molecule has 0 aromatic carbocycles. The zero-order valence-electron chi connectivity index (χ0n) is 8.10. The van der Waals surface area contributed by atoms with E-state index in [0.717, 1.165) is 12.2 Å². The highest BCUT2D eigenvalue weighted by molar-refractivity contribution is 7.98. The van der Waals surface area contributed by atoms with Gasteiger partial charge in [-0.1, -0.05) is 19.1 Å². The normalized spacial score (nSPS) is 21.9. The summed E-state index contributed by atoms with van der Waals surface area (Å²) in [6.07, 6.45) is 5.78. The third-order valence-electron chi connectivity index (χ3n) is 2.86. The van der Waals surface area contributed by atoms with E-state index in [-0.39, 0.29) is 6.04 Å². The fourth-order valence-electron chi connectivity index (χ4n) is 1.38. The Morgan fingerprint density at radius 2 is 2.25 bits per heavy atom. The summed E-state index contributed by atoms with van der Waals surface area (Å²) in [7, 11) is 0. The van der Waals surface area contributed by atoms with Crippen molar-refractivity contribution in [3.63, 3.8) is 0 Å². The van der Waals surface area contributed by atoms with Crippen LogP contribution in [0.25, 0.3) is 0 Å². The number of hydrogen-bond donors (Lipinski definition) is 1. The standard InChI is InChI=1S/C10H19NS/c1-8(10(2)5-6-10)9(11)4-7-12-3/h9H,1,4-7,11H2,2-3H3/t9-/m0/s1. The van der Waals surface area contributed by atoms with E-state index in [1.807, 2.05) is 11.8 Å². The number of thioether (sulfide) groups is 1. The molecule has 70 valence electrons. The molecule has 0 saturated heterocycles. The predicted octanol–water partition coefficient (Wildman–Crippen LogP) is 2.42. The lowest BCUT2D eigenvalue weighted by molar-refractivity contribution is 0.588. The van der Waals surface area contributed by atoms with Gasteiger partial charge in [0, 0.05) is 6.04 Å². The fraction of sp³-hybridized carbons (Fsp3) is 0.800. The van der Waals surface area contributed by atoms with Gasteiger partial charge in [0.25, 0.3) is 0 Å². The first kappa shape index (κ1) is 10.1. The van der Waals surface area contributed by atoms with Gasteiger partial charge in [0.05, 0.1) is 0 Å². The van der Waals surface area contributed by atoms with Crippen LogP contribution in [0, 0.1) is 5.41 Å². The lowest BCUT2D eigenvalue weighted by Gasteiger charge is -2.19. The lowest BCUT2D eigenvalue weighted by Crippen LogP contribution is -2.26. The van der Waals surface area contributed by atoms with Crippen LogP contribution in [-0.4, -0.2) is 18.1 Å².